The second-order valence-corrected chi connectivity index (χ2v) is 7.22. The van der Waals surface area contributed by atoms with Crippen LogP contribution in [0.25, 0.3) is 0 Å². The highest BCUT2D eigenvalue weighted by molar-refractivity contribution is 5.97. The van der Waals surface area contributed by atoms with Crippen LogP contribution < -0.4 is 10.6 Å². The molecule has 140 valence electrons. The van der Waals surface area contributed by atoms with Crippen LogP contribution in [-0.2, 0) is 11.3 Å². The van der Waals surface area contributed by atoms with Crippen LogP contribution in [0, 0.1) is 5.41 Å². The third-order valence-electron chi connectivity index (χ3n) is 5.09. The molecular formula is C20H22N4O3. The van der Waals surface area contributed by atoms with Gasteiger partial charge in [0.2, 0.25) is 0 Å². The fourth-order valence-corrected chi connectivity index (χ4v) is 3.48. The topological polar surface area (TPSA) is 88.8 Å². The minimum absolute atomic E-state index is 0.0392. The summed E-state index contributed by atoms with van der Waals surface area (Å²) in [5.74, 6) is -0.154. The van der Waals surface area contributed by atoms with E-state index in [0.29, 0.717) is 17.8 Å². The summed E-state index contributed by atoms with van der Waals surface area (Å²) in [7, 11) is 0. The van der Waals surface area contributed by atoms with Gasteiger partial charge in [-0.15, -0.1) is 0 Å². The van der Waals surface area contributed by atoms with E-state index in [4.69, 9.17) is 10.5 Å². The summed E-state index contributed by atoms with van der Waals surface area (Å²) in [5, 5.41) is 0. The fourth-order valence-electron chi connectivity index (χ4n) is 3.48. The first-order valence-electron chi connectivity index (χ1n) is 8.98. The number of aromatic nitrogens is 1. The molecule has 2 saturated heterocycles. The highest BCUT2D eigenvalue weighted by Crippen LogP contribution is 2.38. The van der Waals surface area contributed by atoms with E-state index in [9.17, 15) is 9.59 Å². The normalized spacial score (nSPS) is 17.1. The van der Waals surface area contributed by atoms with E-state index in [2.05, 4.69) is 4.98 Å². The Kier molecular flexibility index (Phi) is 4.63. The first-order chi connectivity index (χ1) is 13.1. The number of para-hydroxylation sites is 1. The number of benzene rings is 1. The number of Topliss-reactive ketones (excluding diaryl/α,β-unsaturated/α-hetero) is 1. The molecule has 7 nitrogen and oxygen atoms in total. The molecule has 0 unspecified atom stereocenters. The van der Waals surface area contributed by atoms with Crippen molar-refractivity contribution in [3.63, 3.8) is 0 Å². The maximum absolute atomic E-state index is 13.1. The van der Waals surface area contributed by atoms with E-state index in [1.54, 1.807) is 17.0 Å². The van der Waals surface area contributed by atoms with Crippen molar-refractivity contribution in [3.05, 3.63) is 59.9 Å². The van der Waals surface area contributed by atoms with Crippen molar-refractivity contribution in [2.45, 2.75) is 6.54 Å². The molecule has 7 heteroatoms. The number of carbonyl (C=O) groups excluding carboxylic acids is 2. The van der Waals surface area contributed by atoms with Crippen LogP contribution in [0.4, 0.5) is 10.5 Å². The smallest absolute Gasteiger partial charge is 0.324 e. The molecule has 0 saturated carbocycles. The van der Waals surface area contributed by atoms with Crippen molar-refractivity contribution in [2.75, 3.05) is 37.7 Å². The van der Waals surface area contributed by atoms with Crippen molar-refractivity contribution in [1.29, 1.82) is 0 Å². The molecule has 0 radical (unpaired) electrons. The van der Waals surface area contributed by atoms with Crippen LogP contribution in [0.2, 0.25) is 0 Å². The number of ether oxygens (including phenoxy) is 1. The summed E-state index contributed by atoms with van der Waals surface area (Å²) in [4.78, 5) is 32.7. The largest absolute Gasteiger partial charge is 0.380 e. The number of ketones is 1. The minimum Gasteiger partial charge on any atom is -0.380 e. The zero-order valence-corrected chi connectivity index (χ0v) is 15.0. The maximum Gasteiger partial charge on any atom is 0.324 e. The van der Waals surface area contributed by atoms with Gasteiger partial charge in [-0.3, -0.25) is 14.7 Å². The van der Waals surface area contributed by atoms with Gasteiger partial charge in [0, 0.05) is 30.5 Å². The van der Waals surface area contributed by atoms with Gasteiger partial charge in [0.25, 0.3) is 0 Å². The number of likely N-dealkylation sites (tertiary alicyclic amines) is 1. The molecule has 2 aliphatic heterocycles. The molecule has 0 aliphatic carbocycles. The van der Waals surface area contributed by atoms with Gasteiger partial charge in [0.15, 0.2) is 5.78 Å². The molecular weight excluding hydrogens is 344 g/mol. The first-order valence-corrected chi connectivity index (χ1v) is 8.98. The van der Waals surface area contributed by atoms with Gasteiger partial charge >= 0.3 is 6.03 Å². The Morgan fingerprint density at radius 2 is 1.89 bits per heavy atom. The number of nitrogens with two attached hydrogens (primary N) is 1. The van der Waals surface area contributed by atoms with E-state index in [0.717, 1.165) is 32.0 Å². The molecule has 2 aromatic rings. The predicted octanol–water partition coefficient (Wildman–Crippen LogP) is 1.68. The van der Waals surface area contributed by atoms with Crippen molar-refractivity contribution in [3.8, 4) is 0 Å². The van der Waals surface area contributed by atoms with Crippen LogP contribution in [0.5, 0.6) is 0 Å². The lowest BCUT2D eigenvalue weighted by Crippen LogP contribution is -2.68. The second kappa shape index (κ2) is 7.09. The van der Waals surface area contributed by atoms with E-state index >= 15 is 0 Å². The Bertz CT molecular complexity index is 826. The van der Waals surface area contributed by atoms with Gasteiger partial charge in [-0.2, -0.15) is 0 Å². The number of hydrogen-bond acceptors (Lipinski definition) is 5. The number of anilines is 1. The molecule has 4 rings (SSSR count). The molecule has 2 aliphatic rings. The minimum atomic E-state index is -0.154. The fraction of sp³-hybridized carbons (Fsp3) is 0.350. The lowest BCUT2D eigenvalue weighted by molar-refractivity contribution is -0.174. The summed E-state index contributed by atoms with van der Waals surface area (Å²) in [5.41, 5.74) is 7.56. The Morgan fingerprint density at radius 3 is 2.44 bits per heavy atom. The van der Waals surface area contributed by atoms with Crippen LogP contribution in [0.1, 0.15) is 16.1 Å². The number of pyridine rings is 1. The number of rotatable bonds is 5. The number of carbonyl (C=O) groups is 2. The summed E-state index contributed by atoms with van der Waals surface area (Å²) in [6.07, 6.45) is 1.52. The second-order valence-electron chi connectivity index (χ2n) is 7.22. The van der Waals surface area contributed by atoms with E-state index < -0.39 is 0 Å². The van der Waals surface area contributed by atoms with Gasteiger partial charge < -0.3 is 15.4 Å². The Hall–Kier alpha value is -2.77. The number of amides is 2. The summed E-state index contributed by atoms with van der Waals surface area (Å²) in [6, 6.07) is 13.0. The van der Waals surface area contributed by atoms with Crippen LogP contribution in [0.3, 0.4) is 0 Å². The lowest BCUT2D eigenvalue weighted by Gasteiger charge is -2.55. The van der Waals surface area contributed by atoms with Crippen LogP contribution in [0.15, 0.2) is 48.7 Å². The Morgan fingerprint density at radius 1 is 1.15 bits per heavy atom. The molecule has 27 heavy (non-hydrogen) atoms. The SMILES string of the molecule is NCC(=O)c1ccc(CN(C(=O)N2CC3(COC3)C2)c2ccccc2)nc1. The van der Waals surface area contributed by atoms with Gasteiger partial charge in [-0.1, -0.05) is 18.2 Å². The zero-order chi connectivity index (χ0) is 18.9. The monoisotopic (exact) mass is 366 g/mol. The van der Waals surface area contributed by atoms with E-state index in [1.807, 2.05) is 35.2 Å². The highest BCUT2D eigenvalue weighted by Gasteiger charge is 2.51. The average Bonchev–Trinajstić information content (AvgIpc) is 2.64. The average molecular weight is 366 g/mol. The van der Waals surface area contributed by atoms with Crippen molar-refractivity contribution >= 4 is 17.5 Å². The van der Waals surface area contributed by atoms with Gasteiger partial charge in [-0.25, -0.2) is 4.79 Å². The van der Waals surface area contributed by atoms with Crippen molar-refractivity contribution < 1.29 is 14.3 Å². The molecule has 2 fully saturated rings. The molecule has 0 atom stereocenters. The predicted molar refractivity (Wildman–Crippen MR) is 100 cm³/mol. The van der Waals surface area contributed by atoms with Crippen molar-refractivity contribution in [2.24, 2.45) is 11.1 Å². The number of nitrogens with zero attached hydrogens (tertiary/aromatic N) is 3. The van der Waals surface area contributed by atoms with Crippen LogP contribution in [-0.4, -0.2) is 54.5 Å². The van der Waals surface area contributed by atoms with Gasteiger partial charge in [0.1, 0.15) is 0 Å². The van der Waals surface area contributed by atoms with Gasteiger partial charge in [-0.05, 0) is 24.3 Å². The molecule has 3 heterocycles. The molecule has 1 aromatic carbocycles. The van der Waals surface area contributed by atoms with E-state index in [-0.39, 0.29) is 23.8 Å². The molecule has 0 bridgehead atoms. The van der Waals surface area contributed by atoms with Crippen LogP contribution >= 0.6 is 0 Å². The third kappa shape index (κ3) is 3.43. The highest BCUT2D eigenvalue weighted by atomic mass is 16.5. The van der Waals surface area contributed by atoms with Crippen molar-refractivity contribution in [1.82, 2.24) is 9.88 Å². The number of hydrogen-bond donors (Lipinski definition) is 1. The third-order valence-corrected chi connectivity index (χ3v) is 5.09. The lowest BCUT2D eigenvalue weighted by atomic mass is 9.78. The molecule has 2 amide bonds. The summed E-state index contributed by atoms with van der Waals surface area (Å²) < 4.78 is 5.29. The van der Waals surface area contributed by atoms with Gasteiger partial charge in [0.05, 0.1) is 37.4 Å². The Labute approximate surface area is 157 Å². The summed E-state index contributed by atoms with van der Waals surface area (Å²) in [6.45, 7) is 3.22. The molecule has 1 aromatic heterocycles. The molecule has 1 spiro atoms. The Balaban J connectivity index is 1.52. The maximum atomic E-state index is 13.1. The molecule has 2 N–H and O–H groups in total. The zero-order valence-electron chi connectivity index (χ0n) is 15.0. The van der Waals surface area contributed by atoms with E-state index in [1.165, 1.54) is 6.20 Å². The quantitative estimate of drug-likeness (QED) is 0.814. The summed E-state index contributed by atoms with van der Waals surface area (Å²) >= 11 is 0. The standard InChI is InChI=1S/C20H22N4O3/c21-8-18(25)15-6-7-16(22-9-15)10-24(17-4-2-1-3-5-17)19(26)23-11-20(12-23)13-27-14-20/h1-7,9H,8,10-14,21H2. The number of urea groups is 1. The first kappa shape index (κ1) is 17.6.